The van der Waals surface area contributed by atoms with Crippen molar-refractivity contribution >= 4 is 11.6 Å². The predicted octanol–water partition coefficient (Wildman–Crippen LogP) is 4.20. The lowest BCUT2D eigenvalue weighted by atomic mass is 10.1. The first-order valence-electron chi connectivity index (χ1n) is 10.5. The van der Waals surface area contributed by atoms with Gasteiger partial charge in [-0.25, -0.2) is 0 Å². The summed E-state index contributed by atoms with van der Waals surface area (Å²) in [5, 5.41) is 0. The summed E-state index contributed by atoms with van der Waals surface area (Å²) in [6.45, 7) is 3.79. The Balaban J connectivity index is 1.44. The summed E-state index contributed by atoms with van der Waals surface area (Å²) in [4.78, 5) is 17.1. The molecule has 0 unspecified atom stereocenters. The van der Waals surface area contributed by atoms with Gasteiger partial charge in [-0.15, -0.1) is 0 Å². The molecule has 0 atom stereocenters. The Morgan fingerprint density at radius 3 is 2.19 bits per heavy atom. The maximum Gasteiger partial charge on any atom is 0.253 e. The Morgan fingerprint density at radius 2 is 1.48 bits per heavy atom. The highest BCUT2D eigenvalue weighted by Crippen LogP contribution is 2.23. The highest BCUT2D eigenvalue weighted by atomic mass is 16.5. The first-order valence-corrected chi connectivity index (χ1v) is 10.5. The topological polar surface area (TPSA) is 32.8 Å². The van der Waals surface area contributed by atoms with Gasteiger partial charge in [-0.1, -0.05) is 48.2 Å². The van der Waals surface area contributed by atoms with Gasteiger partial charge in [0.1, 0.15) is 0 Å². The summed E-state index contributed by atoms with van der Waals surface area (Å²) >= 11 is 0. The van der Waals surface area contributed by atoms with E-state index >= 15 is 0 Å². The molecular weight excluding hydrogens is 384 g/mol. The molecule has 1 heterocycles. The molecule has 1 aliphatic rings. The summed E-state index contributed by atoms with van der Waals surface area (Å²) in [7, 11) is 1.85. The second kappa shape index (κ2) is 9.97. The maximum atomic E-state index is 13.0. The minimum atomic E-state index is -0.000603. The number of hydrogen-bond acceptors (Lipinski definition) is 3. The number of morpholine rings is 1. The van der Waals surface area contributed by atoms with Crippen molar-refractivity contribution in [3.63, 3.8) is 0 Å². The van der Waals surface area contributed by atoms with Crippen LogP contribution >= 0.6 is 0 Å². The zero-order valence-corrected chi connectivity index (χ0v) is 17.8. The number of nitrogens with zero attached hydrogens (tertiary/aromatic N) is 2. The first kappa shape index (κ1) is 20.7. The fourth-order valence-corrected chi connectivity index (χ4v) is 3.67. The van der Waals surface area contributed by atoms with E-state index in [9.17, 15) is 4.79 Å². The standard InChI is InChI=1S/C27H26N2O2/c1-28(21-25-9-5-6-10-26(25)29-17-19-31-20-18-29)27(30)24-15-13-23(14-16-24)12-11-22-7-3-2-4-8-22/h2-10,13-16H,17-21H2,1H3. The van der Waals surface area contributed by atoms with Crippen LogP contribution in [-0.4, -0.2) is 44.2 Å². The third-order valence-corrected chi connectivity index (χ3v) is 5.35. The van der Waals surface area contributed by atoms with Crippen molar-refractivity contribution in [3.8, 4) is 11.8 Å². The van der Waals surface area contributed by atoms with Crippen molar-refractivity contribution in [3.05, 3.63) is 101 Å². The van der Waals surface area contributed by atoms with Crippen LogP contribution in [0.4, 0.5) is 5.69 Å². The number of hydrogen-bond donors (Lipinski definition) is 0. The summed E-state index contributed by atoms with van der Waals surface area (Å²) in [6, 6.07) is 25.7. The number of ether oxygens (including phenoxy) is 1. The predicted molar refractivity (Wildman–Crippen MR) is 124 cm³/mol. The van der Waals surface area contributed by atoms with E-state index in [0.29, 0.717) is 12.1 Å². The van der Waals surface area contributed by atoms with Gasteiger partial charge in [-0.05, 0) is 48.0 Å². The number of benzene rings is 3. The number of carbonyl (C=O) groups excluding carboxylic acids is 1. The molecule has 0 bridgehead atoms. The smallest absolute Gasteiger partial charge is 0.253 e. The minimum absolute atomic E-state index is 0.000603. The average molecular weight is 411 g/mol. The van der Waals surface area contributed by atoms with Gasteiger partial charge >= 0.3 is 0 Å². The van der Waals surface area contributed by atoms with Gasteiger partial charge < -0.3 is 14.5 Å². The van der Waals surface area contributed by atoms with Crippen LogP contribution in [0.2, 0.25) is 0 Å². The molecule has 0 aromatic heterocycles. The van der Waals surface area contributed by atoms with Gasteiger partial charge in [0.25, 0.3) is 5.91 Å². The third-order valence-electron chi connectivity index (χ3n) is 5.35. The molecule has 4 rings (SSSR count). The Kier molecular flexibility index (Phi) is 6.66. The molecular formula is C27H26N2O2. The average Bonchev–Trinajstić information content (AvgIpc) is 2.84. The van der Waals surface area contributed by atoms with Crippen LogP contribution in [0, 0.1) is 11.8 Å². The number of amides is 1. The third kappa shape index (κ3) is 5.33. The molecule has 1 aliphatic heterocycles. The lowest BCUT2D eigenvalue weighted by molar-refractivity contribution is 0.0785. The van der Waals surface area contributed by atoms with Gasteiger partial charge in [0.05, 0.1) is 13.2 Å². The van der Waals surface area contributed by atoms with Crippen LogP contribution in [-0.2, 0) is 11.3 Å². The number of anilines is 1. The lowest BCUT2D eigenvalue weighted by Crippen LogP contribution is -2.37. The quantitative estimate of drug-likeness (QED) is 0.605. The van der Waals surface area contributed by atoms with E-state index in [1.165, 1.54) is 5.69 Å². The van der Waals surface area contributed by atoms with Crippen molar-refractivity contribution in [2.45, 2.75) is 6.54 Å². The van der Waals surface area contributed by atoms with Crippen LogP contribution in [0.25, 0.3) is 0 Å². The van der Waals surface area contributed by atoms with E-state index in [1.807, 2.05) is 73.8 Å². The van der Waals surface area contributed by atoms with Crippen LogP contribution in [0.15, 0.2) is 78.9 Å². The van der Waals surface area contributed by atoms with E-state index in [1.54, 1.807) is 4.90 Å². The Morgan fingerprint density at radius 1 is 0.871 bits per heavy atom. The van der Waals surface area contributed by atoms with Gasteiger partial charge in [0, 0.05) is 49.1 Å². The highest BCUT2D eigenvalue weighted by molar-refractivity contribution is 5.94. The molecule has 1 saturated heterocycles. The fraction of sp³-hybridized carbons (Fsp3) is 0.222. The second-order valence-electron chi connectivity index (χ2n) is 7.58. The summed E-state index contributed by atoms with van der Waals surface area (Å²) in [5.41, 5.74) is 4.85. The largest absolute Gasteiger partial charge is 0.378 e. The molecule has 1 fully saturated rings. The van der Waals surface area contributed by atoms with Crippen molar-refractivity contribution in [1.29, 1.82) is 0 Å². The Labute approximate surface area is 184 Å². The van der Waals surface area contributed by atoms with Crippen molar-refractivity contribution in [2.24, 2.45) is 0 Å². The van der Waals surface area contributed by atoms with Gasteiger partial charge in [-0.2, -0.15) is 0 Å². The SMILES string of the molecule is CN(Cc1ccccc1N1CCOCC1)C(=O)c1ccc(C#Cc2ccccc2)cc1. The molecule has 0 saturated carbocycles. The monoisotopic (exact) mass is 410 g/mol. The van der Waals surface area contributed by atoms with Crippen molar-refractivity contribution < 1.29 is 9.53 Å². The van der Waals surface area contributed by atoms with Crippen LogP contribution in [0.5, 0.6) is 0 Å². The molecule has 0 radical (unpaired) electrons. The molecule has 3 aromatic rings. The molecule has 31 heavy (non-hydrogen) atoms. The van der Waals surface area contributed by atoms with Crippen LogP contribution < -0.4 is 4.90 Å². The summed E-state index contributed by atoms with van der Waals surface area (Å²) in [5.74, 6) is 6.29. The Bertz CT molecular complexity index is 1080. The fourth-order valence-electron chi connectivity index (χ4n) is 3.67. The molecule has 1 amide bonds. The van der Waals surface area contributed by atoms with E-state index in [2.05, 4.69) is 28.9 Å². The van der Waals surface area contributed by atoms with E-state index < -0.39 is 0 Å². The molecule has 156 valence electrons. The molecule has 0 spiro atoms. The highest BCUT2D eigenvalue weighted by Gasteiger charge is 2.17. The number of para-hydroxylation sites is 1. The van der Waals surface area contributed by atoms with E-state index in [-0.39, 0.29) is 5.91 Å². The number of rotatable bonds is 4. The van der Waals surface area contributed by atoms with Crippen LogP contribution in [0.3, 0.4) is 0 Å². The van der Waals surface area contributed by atoms with Crippen molar-refractivity contribution in [2.75, 3.05) is 38.3 Å². The first-order chi connectivity index (χ1) is 15.2. The van der Waals surface area contributed by atoms with Gasteiger partial charge in [0.2, 0.25) is 0 Å². The minimum Gasteiger partial charge on any atom is -0.378 e. The van der Waals surface area contributed by atoms with E-state index in [0.717, 1.165) is 43.0 Å². The summed E-state index contributed by atoms with van der Waals surface area (Å²) in [6.07, 6.45) is 0. The van der Waals surface area contributed by atoms with Gasteiger partial charge in [0.15, 0.2) is 0 Å². The second-order valence-corrected chi connectivity index (χ2v) is 7.58. The molecule has 3 aromatic carbocycles. The molecule has 0 aliphatic carbocycles. The number of carbonyl (C=O) groups is 1. The zero-order valence-electron chi connectivity index (χ0n) is 17.8. The van der Waals surface area contributed by atoms with E-state index in [4.69, 9.17) is 4.74 Å². The van der Waals surface area contributed by atoms with Gasteiger partial charge in [-0.3, -0.25) is 4.79 Å². The maximum absolute atomic E-state index is 13.0. The summed E-state index contributed by atoms with van der Waals surface area (Å²) < 4.78 is 5.47. The van der Waals surface area contributed by atoms with Crippen LogP contribution in [0.1, 0.15) is 27.0 Å². The normalized spacial score (nSPS) is 13.3. The lowest BCUT2D eigenvalue weighted by Gasteiger charge is -2.31. The molecule has 4 heteroatoms. The van der Waals surface area contributed by atoms with Crippen molar-refractivity contribution in [1.82, 2.24) is 4.90 Å². The zero-order chi connectivity index (χ0) is 21.5. The molecule has 4 nitrogen and oxygen atoms in total. The Hall–Kier alpha value is -3.55. The molecule has 0 N–H and O–H groups in total.